The van der Waals surface area contributed by atoms with E-state index in [4.69, 9.17) is 20.9 Å². The summed E-state index contributed by atoms with van der Waals surface area (Å²) in [7, 11) is 1.20. The molecule has 0 aromatic carbocycles. The van der Waals surface area contributed by atoms with Crippen LogP contribution >= 0.6 is 0 Å². The standard InChI is InChI=1S/C13H24N4O6/c1-21-13(20)9-7-23-5-3-2-4-22-6-8(14)11(18)17-10(15)12(19)16-9/h8-10H,2-7,14-15H2,1H3,(H,16,19)(H,17,18). The molecule has 1 rings (SSSR count). The molecule has 0 radical (unpaired) electrons. The largest absolute Gasteiger partial charge is 0.467 e. The minimum Gasteiger partial charge on any atom is -0.467 e. The van der Waals surface area contributed by atoms with Gasteiger partial charge in [0, 0.05) is 13.2 Å². The summed E-state index contributed by atoms with van der Waals surface area (Å²) in [6.07, 6.45) is 0.0529. The van der Waals surface area contributed by atoms with Gasteiger partial charge in [0.25, 0.3) is 5.91 Å². The molecule has 0 aromatic heterocycles. The molecule has 0 aliphatic carbocycles. The van der Waals surface area contributed by atoms with Gasteiger partial charge in [0.2, 0.25) is 5.91 Å². The maximum atomic E-state index is 11.9. The number of carbonyl (C=O) groups excluding carboxylic acids is 3. The fraction of sp³-hybridized carbons (Fsp3) is 0.769. The van der Waals surface area contributed by atoms with Crippen LogP contribution in [0.3, 0.4) is 0 Å². The first-order valence-corrected chi connectivity index (χ1v) is 7.31. The van der Waals surface area contributed by atoms with Gasteiger partial charge in [0.1, 0.15) is 6.04 Å². The van der Waals surface area contributed by atoms with E-state index in [0.29, 0.717) is 26.1 Å². The molecule has 1 aliphatic rings. The number of ether oxygens (including phenoxy) is 3. The second-order valence-corrected chi connectivity index (χ2v) is 5.03. The molecule has 1 fully saturated rings. The molecule has 3 unspecified atom stereocenters. The molecule has 0 saturated carbocycles. The maximum absolute atomic E-state index is 11.9. The number of carbonyl (C=O) groups is 3. The Labute approximate surface area is 134 Å². The first-order valence-electron chi connectivity index (χ1n) is 7.31. The predicted octanol–water partition coefficient (Wildman–Crippen LogP) is -2.80. The third-order valence-corrected chi connectivity index (χ3v) is 3.13. The van der Waals surface area contributed by atoms with E-state index in [2.05, 4.69) is 15.4 Å². The summed E-state index contributed by atoms with van der Waals surface area (Å²) >= 11 is 0. The molecule has 23 heavy (non-hydrogen) atoms. The minimum atomic E-state index is -1.36. The van der Waals surface area contributed by atoms with Gasteiger partial charge in [0.15, 0.2) is 12.2 Å². The van der Waals surface area contributed by atoms with E-state index in [1.807, 2.05) is 0 Å². The Balaban J connectivity index is 2.73. The van der Waals surface area contributed by atoms with E-state index in [1.54, 1.807) is 0 Å². The summed E-state index contributed by atoms with van der Waals surface area (Å²) in [5.74, 6) is -2.03. The Morgan fingerprint density at radius 3 is 2.30 bits per heavy atom. The van der Waals surface area contributed by atoms with Gasteiger partial charge in [-0.1, -0.05) is 0 Å². The topological polar surface area (TPSA) is 155 Å². The summed E-state index contributed by atoms with van der Waals surface area (Å²) in [5, 5.41) is 4.63. The second-order valence-electron chi connectivity index (χ2n) is 5.03. The molecule has 3 atom stereocenters. The molecule has 10 heteroatoms. The number of nitrogens with one attached hydrogen (secondary N) is 2. The zero-order chi connectivity index (χ0) is 17.2. The second kappa shape index (κ2) is 10.1. The Kier molecular flexibility index (Phi) is 8.48. The minimum absolute atomic E-state index is 0.0197. The molecule has 1 saturated heterocycles. The van der Waals surface area contributed by atoms with Gasteiger partial charge in [-0.2, -0.15) is 0 Å². The number of rotatable bonds is 1. The average molecular weight is 332 g/mol. The van der Waals surface area contributed by atoms with Crippen molar-refractivity contribution in [3.05, 3.63) is 0 Å². The predicted molar refractivity (Wildman–Crippen MR) is 78.9 cm³/mol. The van der Waals surface area contributed by atoms with E-state index in [0.717, 1.165) is 0 Å². The summed E-state index contributed by atoms with van der Waals surface area (Å²) < 4.78 is 15.2. The molecular weight excluding hydrogens is 308 g/mol. The molecule has 1 aliphatic heterocycles. The van der Waals surface area contributed by atoms with Crippen molar-refractivity contribution in [2.45, 2.75) is 31.1 Å². The van der Waals surface area contributed by atoms with Crippen LogP contribution in [0.2, 0.25) is 0 Å². The van der Waals surface area contributed by atoms with E-state index in [9.17, 15) is 14.4 Å². The van der Waals surface area contributed by atoms with Crippen LogP contribution in [0.15, 0.2) is 0 Å². The Morgan fingerprint density at radius 2 is 1.70 bits per heavy atom. The van der Waals surface area contributed by atoms with E-state index in [1.165, 1.54) is 7.11 Å². The van der Waals surface area contributed by atoms with Crippen molar-refractivity contribution in [3.63, 3.8) is 0 Å². The van der Waals surface area contributed by atoms with E-state index >= 15 is 0 Å². The highest BCUT2D eigenvalue weighted by Crippen LogP contribution is 1.97. The van der Waals surface area contributed by atoms with Crippen LogP contribution < -0.4 is 22.1 Å². The fourth-order valence-electron chi connectivity index (χ4n) is 1.79. The highest BCUT2D eigenvalue weighted by atomic mass is 16.5. The summed E-state index contributed by atoms with van der Waals surface area (Å²) in [4.78, 5) is 35.4. The van der Waals surface area contributed by atoms with Gasteiger partial charge in [0.05, 0.1) is 20.3 Å². The van der Waals surface area contributed by atoms with E-state index < -0.39 is 36.0 Å². The molecule has 0 spiro atoms. The molecule has 0 aromatic rings. The smallest absolute Gasteiger partial charge is 0.330 e. The van der Waals surface area contributed by atoms with E-state index in [-0.39, 0.29) is 13.2 Å². The molecule has 6 N–H and O–H groups in total. The van der Waals surface area contributed by atoms with Crippen LogP contribution in [-0.4, -0.2) is 69.6 Å². The monoisotopic (exact) mass is 332 g/mol. The van der Waals surface area contributed by atoms with Crippen LogP contribution in [0.4, 0.5) is 0 Å². The average Bonchev–Trinajstić information content (AvgIpc) is 2.54. The fourth-order valence-corrected chi connectivity index (χ4v) is 1.79. The quantitative estimate of drug-likeness (QED) is 0.375. The molecular formula is C13H24N4O6. The first-order chi connectivity index (χ1) is 11.0. The van der Waals surface area contributed by atoms with Crippen molar-refractivity contribution < 1.29 is 28.6 Å². The van der Waals surface area contributed by atoms with Gasteiger partial charge < -0.3 is 36.3 Å². The molecule has 132 valence electrons. The number of methoxy groups -OCH3 is 1. The van der Waals surface area contributed by atoms with Crippen LogP contribution in [0.25, 0.3) is 0 Å². The van der Waals surface area contributed by atoms with Gasteiger partial charge in [-0.15, -0.1) is 0 Å². The molecule has 2 amide bonds. The van der Waals surface area contributed by atoms with Crippen LogP contribution in [-0.2, 0) is 28.6 Å². The lowest BCUT2D eigenvalue weighted by Crippen LogP contribution is -2.59. The normalized spacial score (nSPS) is 28.7. The van der Waals surface area contributed by atoms with Crippen molar-refractivity contribution in [3.8, 4) is 0 Å². The summed E-state index contributed by atoms with van der Waals surface area (Å²) in [5.41, 5.74) is 11.2. The van der Waals surface area contributed by atoms with Crippen molar-refractivity contribution in [1.82, 2.24) is 10.6 Å². The Hall–Kier alpha value is -1.75. The Morgan fingerprint density at radius 1 is 1.09 bits per heavy atom. The zero-order valence-electron chi connectivity index (χ0n) is 13.1. The zero-order valence-corrected chi connectivity index (χ0v) is 13.1. The third kappa shape index (κ3) is 6.91. The lowest BCUT2D eigenvalue weighted by atomic mass is 10.2. The van der Waals surface area contributed by atoms with Crippen LogP contribution in [0, 0.1) is 0 Å². The molecule has 0 bridgehead atoms. The molecule has 10 nitrogen and oxygen atoms in total. The van der Waals surface area contributed by atoms with Gasteiger partial charge >= 0.3 is 5.97 Å². The number of nitrogens with two attached hydrogens (primary N) is 2. The number of hydrogen-bond donors (Lipinski definition) is 4. The number of amides is 2. The van der Waals surface area contributed by atoms with Gasteiger partial charge in [-0.05, 0) is 12.8 Å². The third-order valence-electron chi connectivity index (χ3n) is 3.13. The Bertz CT molecular complexity index is 419. The van der Waals surface area contributed by atoms with Crippen LogP contribution in [0.1, 0.15) is 12.8 Å². The van der Waals surface area contributed by atoms with Crippen molar-refractivity contribution >= 4 is 17.8 Å². The van der Waals surface area contributed by atoms with Gasteiger partial charge in [-0.3, -0.25) is 9.59 Å². The van der Waals surface area contributed by atoms with Crippen molar-refractivity contribution in [2.75, 3.05) is 33.5 Å². The lowest BCUT2D eigenvalue weighted by molar-refractivity contribution is -0.147. The number of esters is 1. The SMILES string of the molecule is COC(=O)C1COCCCCOCC(N)C(=O)NC(N)C(=O)N1. The maximum Gasteiger partial charge on any atom is 0.330 e. The highest BCUT2D eigenvalue weighted by molar-refractivity contribution is 5.91. The summed E-state index contributed by atoms with van der Waals surface area (Å²) in [6, 6.07) is -1.95. The van der Waals surface area contributed by atoms with Crippen LogP contribution in [0.5, 0.6) is 0 Å². The number of hydrogen-bond acceptors (Lipinski definition) is 8. The highest BCUT2D eigenvalue weighted by Gasteiger charge is 2.26. The summed E-state index contributed by atoms with van der Waals surface area (Å²) in [6.45, 7) is 0.779. The van der Waals surface area contributed by atoms with Crippen molar-refractivity contribution in [1.29, 1.82) is 0 Å². The van der Waals surface area contributed by atoms with Gasteiger partial charge in [-0.25, -0.2) is 4.79 Å². The lowest BCUT2D eigenvalue weighted by Gasteiger charge is -2.20. The molecule has 1 heterocycles. The first kappa shape index (κ1) is 19.3. The van der Waals surface area contributed by atoms with Crippen molar-refractivity contribution in [2.24, 2.45) is 11.5 Å².